The summed E-state index contributed by atoms with van der Waals surface area (Å²) >= 11 is 1.66. The number of carbonyl (C=O) groups excluding carboxylic acids is 1. The third kappa shape index (κ3) is 2.88. The van der Waals surface area contributed by atoms with E-state index >= 15 is 0 Å². The minimum atomic E-state index is 0.253. The zero-order chi connectivity index (χ0) is 15.6. The minimum Gasteiger partial charge on any atom is -0.360 e. The molecule has 0 aromatic carbocycles. The fourth-order valence-corrected chi connectivity index (χ4v) is 4.10. The van der Waals surface area contributed by atoms with Crippen LogP contribution in [0, 0.1) is 0 Å². The van der Waals surface area contributed by atoms with Crippen molar-refractivity contribution in [3.05, 3.63) is 52.5 Å². The van der Waals surface area contributed by atoms with Gasteiger partial charge in [-0.2, -0.15) is 0 Å². The summed E-state index contributed by atoms with van der Waals surface area (Å²) in [6, 6.07) is 8.05. The summed E-state index contributed by atoms with van der Waals surface area (Å²) in [7, 11) is 0. The van der Waals surface area contributed by atoms with E-state index in [4.69, 9.17) is 0 Å². The number of H-pyrrole nitrogens is 1. The lowest BCUT2D eigenvalue weighted by Crippen LogP contribution is -2.38. The minimum absolute atomic E-state index is 0.253. The highest BCUT2D eigenvalue weighted by Gasteiger charge is 2.25. The van der Waals surface area contributed by atoms with Crippen molar-refractivity contribution in [1.29, 1.82) is 0 Å². The first-order valence-corrected chi connectivity index (χ1v) is 8.91. The Labute approximate surface area is 139 Å². The highest BCUT2D eigenvalue weighted by atomic mass is 32.1. The summed E-state index contributed by atoms with van der Waals surface area (Å²) in [6.07, 6.45) is 6.50. The van der Waals surface area contributed by atoms with Gasteiger partial charge in [-0.3, -0.25) is 9.78 Å². The maximum Gasteiger partial charge on any atom is 0.227 e. The molecule has 1 aliphatic heterocycles. The number of hydrogen-bond donors (Lipinski definition) is 1. The van der Waals surface area contributed by atoms with Crippen LogP contribution in [0.1, 0.15) is 29.2 Å². The Kier molecular flexibility index (Phi) is 3.87. The molecule has 4 rings (SSSR count). The summed E-state index contributed by atoms with van der Waals surface area (Å²) in [5.74, 6) is 0.743. The van der Waals surface area contributed by atoms with Crippen LogP contribution in [-0.2, 0) is 11.2 Å². The molecule has 118 valence electrons. The molecule has 3 aromatic heterocycles. The summed E-state index contributed by atoms with van der Waals surface area (Å²) in [4.78, 5) is 23.4. The maximum absolute atomic E-state index is 12.4. The number of fused-ring (bicyclic) bond motifs is 1. The van der Waals surface area contributed by atoms with Gasteiger partial charge in [0.25, 0.3) is 0 Å². The summed E-state index contributed by atoms with van der Waals surface area (Å²) in [5.41, 5.74) is 3.47. The molecule has 5 heteroatoms. The van der Waals surface area contributed by atoms with Crippen molar-refractivity contribution in [2.24, 2.45) is 0 Å². The summed E-state index contributed by atoms with van der Waals surface area (Å²) < 4.78 is 0. The van der Waals surface area contributed by atoms with Crippen LogP contribution in [0.5, 0.6) is 0 Å². The number of aromatic amines is 1. The van der Waals surface area contributed by atoms with Crippen LogP contribution >= 0.6 is 11.3 Å². The van der Waals surface area contributed by atoms with Crippen molar-refractivity contribution < 1.29 is 4.79 Å². The SMILES string of the molecule is O=C(Cc1cccs1)N1CCC(c2c[nH]c3cccnc23)CC1. The topological polar surface area (TPSA) is 49.0 Å². The Bertz CT molecular complexity index is 801. The number of nitrogens with zero attached hydrogens (tertiary/aromatic N) is 2. The molecule has 0 spiro atoms. The van der Waals surface area contributed by atoms with Gasteiger partial charge in [-0.1, -0.05) is 6.07 Å². The molecule has 23 heavy (non-hydrogen) atoms. The maximum atomic E-state index is 12.4. The molecule has 0 aliphatic carbocycles. The fourth-order valence-electron chi connectivity index (χ4n) is 3.40. The number of hydrogen-bond acceptors (Lipinski definition) is 3. The second-order valence-electron chi connectivity index (χ2n) is 6.05. The van der Waals surface area contributed by atoms with Gasteiger partial charge in [0.05, 0.1) is 17.5 Å². The first-order chi connectivity index (χ1) is 11.3. The van der Waals surface area contributed by atoms with E-state index in [2.05, 4.69) is 22.2 Å². The molecule has 4 nitrogen and oxygen atoms in total. The van der Waals surface area contributed by atoms with Crippen molar-refractivity contribution in [1.82, 2.24) is 14.9 Å². The molecule has 0 unspecified atom stereocenters. The molecule has 0 bridgehead atoms. The number of thiophene rings is 1. The normalized spacial score (nSPS) is 16.1. The Morgan fingerprint density at radius 2 is 2.17 bits per heavy atom. The van der Waals surface area contributed by atoms with E-state index < -0.39 is 0 Å². The van der Waals surface area contributed by atoms with Crippen LogP contribution in [0.25, 0.3) is 11.0 Å². The van der Waals surface area contributed by atoms with Crippen LogP contribution in [-0.4, -0.2) is 33.9 Å². The second-order valence-corrected chi connectivity index (χ2v) is 7.09. The van der Waals surface area contributed by atoms with Crippen LogP contribution in [0.15, 0.2) is 42.0 Å². The van der Waals surface area contributed by atoms with Crippen LogP contribution < -0.4 is 0 Å². The molecule has 0 radical (unpaired) electrons. The zero-order valence-electron chi connectivity index (χ0n) is 12.9. The van der Waals surface area contributed by atoms with Gasteiger partial charge < -0.3 is 9.88 Å². The Balaban J connectivity index is 1.42. The lowest BCUT2D eigenvalue weighted by atomic mass is 9.90. The Morgan fingerprint density at radius 3 is 2.96 bits per heavy atom. The van der Waals surface area contributed by atoms with E-state index in [0.29, 0.717) is 12.3 Å². The van der Waals surface area contributed by atoms with Crippen molar-refractivity contribution in [3.63, 3.8) is 0 Å². The quantitative estimate of drug-likeness (QED) is 0.800. The van der Waals surface area contributed by atoms with Gasteiger partial charge in [-0.15, -0.1) is 11.3 Å². The van der Waals surface area contributed by atoms with E-state index in [1.807, 2.05) is 34.7 Å². The summed E-state index contributed by atoms with van der Waals surface area (Å²) in [5, 5.41) is 2.03. The second kappa shape index (κ2) is 6.16. The van der Waals surface area contributed by atoms with Gasteiger partial charge in [0.15, 0.2) is 0 Å². The number of piperidine rings is 1. The van der Waals surface area contributed by atoms with Crippen molar-refractivity contribution >= 4 is 28.3 Å². The first-order valence-electron chi connectivity index (χ1n) is 8.03. The molecule has 1 fully saturated rings. The molecule has 0 saturated carbocycles. The average molecular weight is 325 g/mol. The molecule has 1 aliphatic rings. The monoisotopic (exact) mass is 325 g/mol. The van der Waals surface area contributed by atoms with Gasteiger partial charge in [-0.05, 0) is 47.9 Å². The van der Waals surface area contributed by atoms with Crippen molar-refractivity contribution in [2.75, 3.05) is 13.1 Å². The molecule has 1 amide bonds. The van der Waals surface area contributed by atoms with Crippen molar-refractivity contribution in [2.45, 2.75) is 25.2 Å². The van der Waals surface area contributed by atoms with E-state index in [0.717, 1.165) is 41.8 Å². The largest absolute Gasteiger partial charge is 0.360 e. The molecule has 3 aromatic rings. The average Bonchev–Trinajstić information content (AvgIpc) is 3.24. The molecular weight excluding hydrogens is 306 g/mol. The van der Waals surface area contributed by atoms with Gasteiger partial charge in [0, 0.05) is 30.4 Å². The van der Waals surface area contributed by atoms with E-state index in [9.17, 15) is 4.79 Å². The summed E-state index contributed by atoms with van der Waals surface area (Å²) in [6.45, 7) is 1.68. The number of pyridine rings is 1. The predicted octanol–water partition coefficient (Wildman–Crippen LogP) is 3.57. The van der Waals surface area contributed by atoms with Crippen LogP contribution in [0.4, 0.5) is 0 Å². The Morgan fingerprint density at radius 1 is 1.30 bits per heavy atom. The predicted molar refractivity (Wildman–Crippen MR) is 92.7 cm³/mol. The lowest BCUT2D eigenvalue weighted by Gasteiger charge is -2.31. The molecular formula is C18H19N3OS. The highest BCUT2D eigenvalue weighted by molar-refractivity contribution is 7.10. The molecule has 1 N–H and O–H groups in total. The van der Waals surface area contributed by atoms with Crippen LogP contribution in [0.2, 0.25) is 0 Å². The lowest BCUT2D eigenvalue weighted by molar-refractivity contribution is -0.131. The number of aromatic nitrogens is 2. The number of likely N-dealkylation sites (tertiary alicyclic amines) is 1. The van der Waals surface area contributed by atoms with Gasteiger partial charge in [0.2, 0.25) is 5.91 Å². The third-order valence-corrected chi connectivity index (χ3v) is 5.53. The third-order valence-electron chi connectivity index (χ3n) is 4.66. The number of nitrogens with one attached hydrogen (secondary N) is 1. The number of carbonyl (C=O) groups is 1. The molecule has 1 saturated heterocycles. The fraction of sp³-hybridized carbons (Fsp3) is 0.333. The number of amides is 1. The van der Waals surface area contributed by atoms with Gasteiger partial charge >= 0.3 is 0 Å². The standard InChI is InChI=1S/C18H19N3OS/c22-17(11-14-3-2-10-23-14)21-8-5-13(6-9-21)15-12-20-16-4-1-7-19-18(15)16/h1-4,7,10,12-13,20H,5-6,8-9,11H2. The first kappa shape index (κ1) is 14.5. The zero-order valence-corrected chi connectivity index (χ0v) is 13.7. The van der Waals surface area contributed by atoms with E-state index in [1.165, 1.54) is 5.56 Å². The van der Waals surface area contributed by atoms with Crippen molar-refractivity contribution in [3.8, 4) is 0 Å². The Hall–Kier alpha value is -2.14. The highest BCUT2D eigenvalue weighted by Crippen LogP contribution is 2.32. The van der Waals surface area contributed by atoms with Gasteiger partial charge in [0.1, 0.15) is 0 Å². The van der Waals surface area contributed by atoms with Crippen LogP contribution in [0.3, 0.4) is 0 Å². The molecule has 0 atom stereocenters. The smallest absolute Gasteiger partial charge is 0.227 e. The molecule has 4 heterocycles. The van der Waals surface area contributed by atoms with E-state index in [1.54, 1.807) is 11.3 Å². The number of rotatable bonds is 3. The van der Waals surface area contributed by atoms with E-state index in [-0.39, 0.29) is 5.91 Å². The van der Waals surface area contributed by atoms with Gasteiger partial charge in [-0.25, -0.2) is 0 Å².